The topological polar surface area (TPSA) is 108 Å². The van der Waals surface area contributed by atoms with E-state index in [-0.39, 0.29) is 23.9 Å². The first-order valence-corrected chi connectivity index (χ1v) is 8.51. The lowest BCUT2D eigenvalue weighted by molar-refractivity contribution is -0.384. The van der Waals surface area contributed by atoms with E-state index in [1.807, 2.05) is 30.3 Å². The summed E-state index contributed by atoms with van der Waals surface area (Å²) in [4.78, 5) is 22.7. The van der Waals surface area contributed by atoms with Crippen LogP contribution in [0.5, 0.6) is 0 Å². The van der Waals surface area contributed by atoms with Gasteiger partial charge in [0.1, 0.15) is 0 Å². The third-order valence-electron chi connectivity index (χ3n) is 3.25. The molecule has 3 aromatic rings. The molecule has 0 aliphatic rings. The molecule has 0 N–H and O–H groups in total. The minimum Gasteiger partial charge on any atom is -0.455 e. The van der Waals surface area contributed by atoms with Crippen molar-refractivity contribution in [3.63, 3.8) is 0 Å². The highest BCUT2D eigenvalue weighted by Gasteiger charge is 2.11. The molecule has 0 spiro atoms. The van der Waals surface area contributed by atoms with Crippen LogP contribution in [0.2, 0.25) is 0 Å². The van der Waals surface area contributed by atoms with Crippen molar-refractivity contribution < 1.29 is 18.9 Å². The van der Waals surface area contributed by atoms with Crippen LogP contribution in [0.15, 0.2) is 63.9 Å². The summed E-state index contributed by atoms with van der Waals surface area (Å²) in [6.07, 6.45) is 0. The van der Waals surface area contributed by atoms with E-state index >= 15 is 0 Å². The number of carbonyl (C=O) groups excluding carboxylic acids is 1. The molecule has 1 aromatic heterocycles. The zero-order chi connectivity index (χ0) is 18.4. The van der Waals surface area contributed by atoms with Gasteiger partial charge in [-0.15, -0.1) is 22.0 Å². The van der Waals surface area contributed by atoms with Crippen molar-refractivity contribution in [3.8, 4) is 11.5 Å². The fourth-order valence-electron chi connectivity index (χ4n) is 2.00. The summed E-state index contributed by atoms with van der Waals surface area (Å²) in [7, 11) is 0. The number of thioether (sulfide) groups is 1. The predicted octanol–water partition coefficient (Wildman–Crippen LogP) is 3.48. The van der Waals surface area contributed by atoms with E-state index in [4.69, 9.17) is 9.15 Å². The fourth-order valence-corrected chi connectivity index (χ4v) is 2.70. The van der Waals surface area contributed by atoms with Gasteiger partial charge in [-0.25, -0.2) is 0 Å². The summed E-state index contributed by atoms with van der Waals surface area (Å²) < 4.78 is 10.5. The average Bonchev–Trinajstić information content (AvgIpc) is 3.15. The van der Waals surface area contributed by atoms with Gasteiger partial charge in [-0.3, -0.25) is 14.9 Å². The molecule has 0 bridgehead atoms. The number of esters is 1. The number of ether oxygens (including phenoxy) is 1. The second-order valence-corrected chi connectivity index (χ2v) is 6.12. The molecular weight excluding hydrogens is 358 g/mol. The molecule has 132 valence electrons. The van der Waals surface area contributed by atoms with Crippen molar-refractivity contribution in [3.05, 3.63) is 70.6 Å². The number of rotatable bonds is 7. The van der Waals surface area contributed by atoms with Gasteiger partial charge in [0, 0.05) is 22.6 Å². The monoisotopic (exact) mass is 371 g/mol. The molecule has 0 saturated heterocycles. The van der Waals surface area contributed by atoms with Crippen molar-refractivity contribution in [1.29, 1.82) is 0 Å². The van der Waals surface area contributed by atoms with Crippen LogP contribution in [0.4, 0.5) is 5.69 Å². The number of nitro benzene ring substituents is 1. The van der Waals surface area contributed by atoms with Crippen molar-refractivity contribution in [1.82, 2.24) is 10.2 Å². The quantitative estimate of drug-likeness (QED) is 0.269. The predicted molar refractivity (Wildman–Crippen MR) is 93.4 cm³/mol. The first-order chi connectivity index (χ1) is 12.6. The molecule has 0 radical (unpaired) electrons. The number of nitrogens with zero attached hydrogens (tertiary/aromatic N) is 3. The molecular formula is C17H13N3O5S. The lowest BCUT2D eigenvalue weighted by Gasteiger charge is -2.02. The Balaban J connectivity index is 1.47. The Morgan fingerprint density at radius 2 is 1.85 bits per heavy atom. The van der Waals surface area contributed by atoms with Gasteiger partial charge in [0.15, 0.2) is 6.61 Å². The highest BCUT2D eigenvalue weighted by Crippen LogP contribution is 2.22. The first kappa shape index (κ1) is 17.6. The highest BCUT2D eigenvalue weighted by atomic mass is 32.2. The lowest BCUT2D eigenvalue weighted by atomic mass is 10.2. The zero-order valence-corrected chi connectivity index (χ0v) is 14.2. The van der Waals surface area contributed by atoms with Crippen LogP contribution in [0.1, 0.15) is 5.89 Å². The van der Waals surface area contributed by atoms with Crippen molar-refractivity contribution in [2.75, 3.05) is 5.75 Å². The molecule has 3 rings (SSSR count). The standard InChI is InChI=1S/C17H13N3O5S/c21-16(11-26-14-8-6-13(7-9-14)20(22)23)24-10-15-18-19-17(25-15)12-4-2-1-3-5-12/h1-9H,10-11H2. The molecule has 1 heterocycles. The van der Waals surface area contributed by atoms with Crippen LogP contribution >= 0.6 is 11.8 Å². The average molecular weight is 371 g/mol. The van der Waals surface area contributed by atoms with E-state index in [1.165, 1.54) is 23.9 Å². The number of benzene rings is 2. The van der Waals surface area contributed by atoms with E-state index in [0.717, 1.165) is 10.5 Å². The van der Waals surface area contributed by atoms with Crippen molar-refractivity contribution >= 4 is 23.4 Å². The van der Waals surface area contributed by atoms with Gasteiger partial charge in [0.05, 0.1) is 10.7 Å². The summed E-state index contributed by atoms with van der Waals surface area (Å²) in [6.45, 7) is -0.112. The molecule has 26 heavy (non-hydrogen) atoms. The van der Waals surface area contributed by atoms with Crippen molar-refractivity contribution in [2.45, 2.75) is 11.5 Å². The van der Waals surface area contributed by atoms with E-state index < -0.39 is 10.9 Å². The van der Waals surface area contributed by atoms with Crippen LogP contribution in [-0.4, -0.2) is 26.8 Å². The number of nitro groups is 1. The summed E-state index contributed by atoms with van der Waals surface area (Å²) in [6, 6.07) is 15.2. The molecule has 0 aliphatic heterocycles. The van der Waals surface area contributed by atoms with Gasteiger partial charge in [-0.05, 0) is 24.3 Å². The van der Waals surface area contributed by atoms with E-state index in [2.05, 4.69) is 10.2 Å². The lowest BCUT2D eigenvalue weighted by Crippen LogP contribution is -2.07. The molecule has 0 aliphatic carbocycles. The van der Waals surface area contributed by atoms with Gasteiger partial charge in [0.2, 0.25) is 5.89 Å². The summed E-state index contributed by atoms with van der Waals surface area (Å²) in [5.74, 6) is 0.180. The van der Waals surface area contributed by atoms with Crippen molar-refractivity contribution in [2.24, 2.45) is 0 Å². The smallest absolute Gasteiger partial charge is 0.316 e. The molecule has 0 fully saturated rings. The van der Waals surface area contributed by atoms with Gasteiger partial charge in [-0.2, -0.15) is 0 Å². The van der Waals surface area contributed by atoms with Gasteiger partial charge < -0.3 is 9.15 Å². The maximum atomic E-state index is 11.8. The third kappa shape index (κ3) is 4.67. The Kier molecular flexibility index (Phi) is 5.59. The zero-order valence-electron chi connectivity index (χ0n) is 13.4. The van der Waals surface area contributed by atoms with E-state index in [0.29, 0.717) is 5.89 Å². The molecule has 0 atom stereocenters. The van der Waals surface area contributed by atoms with E-state index in [9.17, 15) is 14.9 Å². The summed E-state index contributed by atoms with van der Waals surface area (Å²) in [5, 5.41) is 18.4. The Hall–Kier alpha value is -3.20. The van der Waals surface area contributed by atoms with Crippen LogP contribution in [0.25, 0.3) is 11.5 Å². The summed E-state index contributed by atoms with van der Waals surface area (Å²) in [5.41, 5.74) is 0.786. The first-order valence-electron chi connectivity index (χ1n) is 7.52. The Labute approximate surface area is 152 Å². The van der Waals surface area contributed by atoms with Crippen LogP contribution in [0.3, 0.4) is 0 Å². The van der Waals surface area contributed by atoms with Crippen LogP contribution in [0, 0.1) is 10.1 Å². The molecule has 2 aromatic carbocycles. The number of non-ortho nitro benzene ring substituents is 1. The minimum atomic E-state index is -0.475. The second-order valence-electron chi connectivity index (χ2n) is 5.07. The maximum Gasteiger partial charge on any atom is 0.316 e. The third-order valence-corrected chi connectivity index (χ3v) is 4.23. The Bertz CT molecular complexity index is 896. The minimum absolute atomic E-state index is 0.00235. The number of hydrogen-bond donors (Lipinski definition) is 0. The number of aromatic nitrogens is 2. The van der Waals surface area contributed by atoms with Gasteiger partial charge >= 0.3 is 5.97 Å². The van der Waals surface area contributed by atoms with Crippen LogP contribution in [-0.2, 0) is 16.1 Å². The normalized spacial score (nSPS) is 10.5. The van der Waals surface area contributed by atoms with Crippen LogP contribution < -0.4 is 0 Å². The second kappa shape index (κ2) is 8.26. The molecule has 0 saturated carbocycles. The summed E-state index contributed by atoms with van der Waals surface area (Å²) >= 11 is 1.22. The van der Waals surface area contributed by atoms with Gasteiger partial charge in [0.25, 0.3) is 11.6 Å². The molecule has 0 amide bonds. The largest absolute Gasteiger partial charge is 0.455 e. The maximum absolute atomic E-state index is 11.8. The fraction of sp³-hybridized carbons (Fsp3) is 0.118. The number of carbonyl (C=O) groups is 1. The molecule has 0 unspecified atom stereocenters. The Morgan fingerprint density at radius 3 is 2.54 bits per heavy atom. The molecule has 9 heteroatoms. The van der Waals surface area contributed by atoms with E-state index in [1.54, 1.807) is 12.1 Å². The van der Waals surface area contributed by atoms with Gasteiger partial charge in [-0.1, -0.05) is 18.2 Å². The highest BCUT2D eigenvalue weighted by molar-refractivity contribution is 8.00. The molecule has 8 nitrogen and oxygen atoms in total. The number of hydrogen-bond acceptors (Lipinski definition) is 8. The SMILES string of the molecule is O=C(CSc1ccc([N+](=O)[O-])cc1)OCc1nnc(-c2ccccc2)o1. The Morgan fingerprint density at radius 1 is 1.12 bits per heavy atom.